The fourth-order valence-corrected chi connectivity index (χ4v) is 4.18. The summed E-state index contributed by atoms with van der Waals surface area (Å²) in [4.78, 5) is 0. The van der Waals surface area contributed by atoms with Crippen LogP contribution in [0.4, 0.5) is 0 Å². The van der Waals surface area contributed by atoms with Gasteiger partial charge in [0, 0.05) is 16.0 Å². The Morgan fingerprint density at radius 3 is 1.57 bits per heavy atom. The Labute approximate surface area is 146 Å². The van der Waals surface area contributed by atoms with Crippen LogP contribution in [0.3, 0.4) is 0 Å². The van der Waals surface area contributed by atoms with Gasteiger partial charge in [0.1, 0.15) is 0 Å². The van der Waals surface area contributed by atoms with Crippen LogP contribution in [-0.2, 0) is 0 Å². The average Bonchev–Trinajstić information content (AvgIpc) is 3.32. The summed E-state index contributed by atoms with van der Waals surface area (Å²) in [5.74, 6) is 1.35. The van der Waals surface area contributed by atoms with E-state index in [2.05, 4.69) is 66.7 Å². The Kier molecular flexibility index (Phi) is 3.88. The van der Waals surface area contributed by atoms with Crippen LogP contribution < -0.4 is 0 Å². The highest BCUT2D eigenvalue weighted by Crippen LogP contribution is 2.67. The first-order valence-electron chi connectivity index (χ1n) is 7.80. The van der Waals surface area contributed by atoms with E-state index in [4.69, 9.17) is 23.2 Å². The first-order valence-corrected chi connectivity index (χ1v) is 8.56. The minimum atomic E-state index is 0.407. The first kappa shape index (κ1) is 14.8. The van der Waals surface area contributed by atoms with Crippen molar-refractivity contribution in [1.29, 1.82) is 0 Å². The van der Waals surface area contributed by atoms with Crippen molar-refractivity contribution < 1.29 is 0 Å². The van der Waals surface area contributed by atoms with E-state index in [9.17, 15) is 0 Å². The summed E-state index contributed by atoms with van der Waals surface area (Å²) in [7, 11) is 0. The Balaban J connectivity index is 1.77. The number of rotatable bonds is 3. The lowest BCUT2D eigenvalue weighted by atomic mass is 10.0. The van der Waals surface area contributed by atoms with E-state index in [1.807, 2.05) is 12.1 Å². The van der Waals surface area contributed by atoms with Gasteiger partial charge in [-0.15, -0.1) is 0 Å². The number of hydrogen-bond acceptors (Lipinski definition) is 0. The second-order valence-corrected chi connectivity index (χ2v) is 6.91. The molecule has 0 N–H and O–H groups in total. The van der Waals surface area contributed by atoms with E-state index >= 15 is 0 Å². The SMILES string of the molecule is Clc1ccc(C2[C@@H](c3ccccc3)[C@@H]2c2ccccc2)c(Cl)c1. The van der Waals surface area contributed by atoms with Crippen LogP contribution in [0.15, 0.2) is 78.9 Å². The third kappa shape index (κ3) is 2.78. The highest BCUT2D eigenvalue weighted by molar-refractivity contribution is 6.35. The lowest BCUT2D eigenvalue weighted by Gasteiger charge is -2.05. The van der Waals surface area contributed by atoms with Gasteiger partial charge in [-0.1, -0.05) is 89.9 Å². The monoisotopic (exact) mass is 338 g/mol. The molecule has 3 aromatic carbocycles. The second-order valence-electron chi connectivity index (χ2n) is 6.06. The fourth-order valence-electron chi connectivity index (χ4n) is 3.65. The normalized spacial score (nSPS) is 22.8. The van der Waals surface area contributed by atoms with Crippen molar-refractivity contribution in [2.45, 2.75) is 17.8 Å². The van der Waals surface area contributed by atoms with Crippen molar-refractivity contribution in [3.63, 3.8) is 0 Å². The fraction of sp³-hybridized carbons (Fsp3) is 0.143. The van der Waals surface area contributed by atoms with Crippen LogP contribution in [0.2, 0.25) is 10.0 Å². The van der Waals surface area contributed by atoms with Crippen molar-refractivity contribution in [3.8, 4) is 0 Å². The standard InChI is InChI=1S/C21H16Cl2/c22-16-11-12-17(18(23)13-16)21-19(14-7-3-1-4-8-14)20(21)15-9-5-2-6-10-15/h1-13,19-21H/t19-,20-/m0/s1. The smallest absolute Gasteiger partial charge is 0.0456 e. The van der Waals surface area contributed by atoms with Crippen molar-refractivity contribution in [3.05, 3.63) is 106 Å². The Hall–Kier alpha value is -1.76. The van der Waals surface area contributed by atoms with Crippen molar-refractivity contribution in [2.75, 3.05) is 0 Å². The number of halogens is 2. The molecule has 1 saturated carbocycles. The van der Waals surface area contributed by atoms with E-state index in [1.54, 1.807) is 0 Å². The van der Waals surface area contributed by atoms with Crippen LogP contribution in [0.5, 0.6) is 0 Å². The van der Waals surface area contributed by atoms with Gasteiger partial charge in [0.15, 0.2) is 0 Å². The van der Waals surface area contributed by atoms with Crippen molar-refractivity contribution in [2.24, 2.45) is 0 Å². The molecular formula is C21H16Cl2. The zero-order valence-electron chi connectivity index (χ0n) is 12.5. The number of benzene rings is 3. The highest BCUT2D eigenvalue weighted by Gasteiger charge is 2.52. The maximum atomic E-state index is 6.49. The lowest BCUT2D eigenvalue weighted by Crippen LogP contribution is -1.86. The zero-order chi connectivity index (χ0) is 15.8. The maximum Gasteiger partial charge on any atom is 0.0456 e. The minimum Gasteiger partial charge on any atom is -0.0843 e. The maximum absolute atomic E-state index is 6.49. The van der Waals surface area contributed by atoms with Gasteiger partial charge in [-0.3, -0.25) is 0 Å². The molecule has 4 rings (SSSR count). The molecule has 0 spiro atoms. The molecule has 0 bridgehead atoms. The summed E-state index contributed by atoms with van der Waals surface area (Å²) in [6.07, 6.45) is 0. The molecule has 3 aromatic rings. The third-order valence-electron chi connectivity index (χ3n) is 4.71. The second kappa shape index (κ2) is 6.03. The largest absolute Gasteiger partial charge is 0.0843 e. The van der Waals surface area contributed by atoms with Gasteiger partial charge in [0.05, 0.1) is 0 Å². The summed E-state index contributed by atoms with van der Waals surface area (Å²) >= 11 is 12.5. The van der Waals surface area contributed by atoms with E-state index in [0.717, 1.165) is 5.02 Å². The van der Waals surface area contributed by atoms with Crippen molar-refractivity contribution in [1.82, 2.24) is 0 Å². The Bertz CT molecular complexity index is 766. The molecular weight excluding hydrogens is 323 g/mol. The van der Waals surface area contributed by atoms with Crippen LogP contribution in [0.1, 0.15) is 34.4 Å². The number of hydrogen-bond donors (Lipinski definition) is 0. The Morgan fingerprint density at radius 2 is 1.09 bits per heavy atom. The van der Waals surface area contributed by atoms with Crippen LogP contribution in [0.25, 0.3) is 0 Å². The molecule has 0 aromatic heterocycles. The third-order valence-corrected chi connectivity index (χ3v) is 5.27. The van der Waals surface area contributed by atoms with Gasteiger partial charge >= 0.3 is 0 Å². The molecule has 0 radical (unpaired) electrons. The van der Waals surface area contributed by atoms with E-state index < -0.39 is 0 Å². The zero-order valence-corrected chi connectivity index (χ0v) is 14.0. The molecule has 2 atom stereocenters. The van der Waals surface area contributed by atoms with E-state index in [1.165, 1.54) is 16.7 Å². The summed E-state index contributed by atoms with van der Waals surface area (Å²) in [6.45, 7) is 0. The first-order chi connectivity index (χ1) is 11.3. The lowest BCUT2D eigenvalue weighted by molar-refractivity contribution is 1.03. The molecule has 0 nitrogen and oxygen atoms in total. The van der Waals surface area contributed by atoms with Crippen LogP contribution in [0, 0.1) is 0 Å². The van der Waals surface area contributed by atoms with Gasteiger partial charge in [0.2, 0.25) is 0 Å². The molecule has 0 saturated heterocycles. The van der Waals surface area contributed by atoms with Crippen LogP contribution in [-0.4, -0.2) is 0 Å². The molecule has 114 valence electrons. The summed E-state index contributed by atoms with van der Waals surface area (Å²) in [6, 6.07) is 27.3. The molecule has 1 aliphatic rings. The molecule has 0 heterocycles. The predicted octanol–water partition coefficient (Wildman–Crippen LogP) is 6.66. The Morgan fingerprint density at radius 1 is 0.565 bits per heavy atom. The van der Waals surface area contributed by atoms with Gasteiger partial charge in [0.25, 0.3) is 0 Å². The molecule has 1 fully saturated rings. The molecule has 1 aliphatic carbocycles. The van der Waals surface area contributed by atoms with E-state index in [0.29, 0.717) is 22.8 Å². The highest BCUT2D eigenvalue weighted by atomic mass is 35.5. The summed E-state index contributed by atoms with van der Waals surface area (Å²) < 4.78 is 0. The average molecular weight is 339 g/mol. The topological polar surface area (TPSA) is 0 Å². The van der Waals surface area contributed by atoms with Gasteiger partial charge in [-0.2, -0.15) is 0 Å². The van der Waals surface area contributed by atoms with Gasteiger partial charge in [-0.25, -0.2) is 0 Å². The molecule has 23 heavy (non-hydrogen) atoms. The van der Waals surface area contributed by atoms with E-state index in [-0.39, 0.29) is 0 Å². The molecule has 2 heteroatoms. The van der Waals surface area contributed by atoms with Crippen LogP contribution >= 0.6 is 23.2 Å². The molecule has 0 amide bonds. The minimum absolute atomic E-state index is 0.407. The van der Waals surface area contributed by atoms with Gasteiger partial charge in [-0.05, 0) is 40.7 Å². The summed E-state index contributed by atoms with van der Waals surface area (Å²) in [5.41, 5.74) is 3.94. The quantitative estimate of drug-likeness (QED) is 0.500. The van der Waals surface area contributed by atoms with Crippen molar-refractivity contribution >= 4 is 23.2 Å². The summed E-state index contributed by atoms with van der Waals surface area (Å²) in [5, 5.41) is 1.45. The van der Waals surface area contributed by atoms with Gasteiger partial charge < -0.3 is 0 Å². The molecule has 0 aliphatic heterocycles. The predicted molar refractivity (Wildman–Crippen MR) is 97.6 cm³/mol. The molecule has 0 unspecified atom stereocenters.